The second-order valence-electron chi connectivity index (χ2n) is 3.19. The summed E-state index contributed by atoms with van der Waals surface area (Å²) >= 11 is 0. The minimum atomic E-state index is -0.320. The van der Waals surface area contributed by atoms with Crippen molar-refractivity contribution in [3.8, 4) is 5.75 Å². The number of benzene rings is 1. The summed E-state index contributed by atoms with van der Waals surface area (Å²) in [5, 5.41) is 0. The summed E-state index contributed by atoms with van der Waals surface area (Å²) in [5.41, 5.74) is 0.512. The molecule has 0 spiro atoms. The fraction of sp³-hybridized carbons (Fsp3) is 0.364. The van der Waals surface area contributed by atoms with Gasteiger partial charge in [0, 0.05) is 0 Å². The van der Waals surface area contributed by atoms with Gasteiger partial charge in [-0.05, 0) is 32.0 Å². The second-order valence-corrected chi connectivity index (χ2v) is 3.19. The average molecular weight is 194 g/mol. The number of hydrogen-bond donors (Lipinski definition) is 0. The smallest absolute Gasteiger partial charge is 0.338 e. The Kier molecular flexibility index (Phi) is 3.51. The van der Waals surface area contributed by atoms with Crippen LogP contribution in [0.25, 0.3) is 0 Å². The number of methoxy groups -OCH3 is 1. The lowest BCUT2D eigenvalue weighted by atomic mass is 10.2. The maximum Gasteiger partial charge on any atom is 0.338 e. The molecule has 3 heteroatoms. The first kappa shape index (κ1) is 10.6. The van der Waals surface area contributed by atoms with Gasteiger partial charge in [-0.3, -0.25) is 0 Å². The zero-order valence-electron chi connectivity index (χ0n) is 8.61. The second kappa shape index (κ2) is 4.65. The number of carbonyl (C=O) groups excluding carboxylic acids is 1. The molecule has 14 heavy (non-hydrogen) atoms. The van der Waals surface area contributed by atoms with Crippen molar-refractivity contribution in [3.63, 3.8) is 0 Å². The molecule has 0 saturated carbocycles. The average Bonchev–Trinajstić information content (AvgIpc) is 2.17. The summed E-state index contributed by atoms with van der Waals surface area (Å²) < 4.78 is 10.0. The highest BCUT2D eigenvalue weighted by atomic mass is 16.5. The molecule has 0 N–H and O–H groups in total. The van der Waals surface area contributed by atoms with E-state index >= 15 is 0 Å². The van der Waals surface area contributed by atoms with Crippen molar-refractivity contribution in [3.05, 3.63) is 29.8 Å². The van der Waals surface area contributed by atoms with E-state index in [2.05, 4.69) is 0 Å². The van der Waals surface area contributed by atoms with Gasteiger partial charge in [0.2, 0.25) is 0 Å². The molecule has 0 aliphatic heterocycles. The van der Waals surface area contributed by atoms with E-state index in [4.69, 9.17) is 9.47 Å². The van der Waals surface area contributed by atoms with Crippen LogP contribution >= 0.6 is 0 Å². The van der Waals surface area contributed by atoms with E-state index < -0.39 is 0 Å². The molecule has 0 saturated heterocycles. The minimum Gasteiger partial charge on any atom is -0.497 e. The standard InChI is InChI=1S/C11H14O3/c1-8(2)14-11(12)9-5-4-6-10(7-9)13-3/h4-8H,1-3H3. The van der Waals surface area contributed by atoms with E-state index in [1.165, 1.54) is 0 Å². The van der Waals surface area contributed by atoms with Crippen LogP contribution in [0.1, 0.15) is 24.2 Å². The fourth-order valence-corrected chi connectivity index (χ4v) is 1.03. The van der Waals surface area contributed by atoms with E-state index in [1.807, 2.05) is 13.8 Å². The SMILES string of the molecule is COc1cccc(C(=O)OC(C)C)c1. The quantitative estimate of drug-likeness (QED) is 0.692. The minimum absolute atomic E-state index is 0.103. The van der Waals surface area contributed by atoms with Crippen LogP contribution < -0.4 is 4.74 Å². The fourth-order valence-electron chi connectivity index (χ4n) is 1.03. The predicted octanol–water partition coefficient (Wildman–Crippen LogP) is 2.26. The van der Waals surface area contributed by atoms with Gasteiger partial charge in [-0.15, -0.1) is 0 Å². The van der Waals surface area contributed by atoms with Crippen LogP contribution in [0.4, 0.5) is 0 Å². The third-order valence-corrected chi connectivity index (χ3v) is 1.65. The van der Waals surface area contributed by atoms with Crippen LogP contribution in [0.2, 0.25) is 0 Å². The largest absolute Gasteiger partial charge is 0.497 e. The van der Waals surface area contributed by atoms with E-state index in [9.17, 15) is 4.79 Å². The van der Waals surface area contributed by atoms with Gasteiger partial charge in [-0.25, -0.2) is 4.79 Å². The van der Waals surface area contributed by atoms with Gasteiger partial charge < -0.3 is 9.47 Å². The van der Waals surface area contributed by atoms with Crippen LogP contribution in [-0.2, 0) is 4.74 Å². The first-order valence-corrected chi connectivity index (χ1v) is 4.48. The maximum absolute atomic E-state index is 11.4. The Hall–Kier alpha value is -1.51. The lowest BCUT2D eigenvalue weighted by Crippen LogP contribution is -2.11. The van der Waals surface area contributed by atoms with E-state index in [1.54, 1.807) is 31.4 Å². The molecular formula is C11H14O3. The first-order chi connectivity index (χ1) is 6.63. The lowest BCUT2D eigenvalue weighted by molar-refractivity contribution is 0.0377. The summed E-state index contributed by atoms with van der Waals surface area (Å²) in [7, 11) is 1.56. The highest BCUT2D eigenvalue weighted by Crippen LogP contribution is 2.13. The molecule has 0 bridgehead atoms. The maximum atomic E-state index is 11.4. The number of carbonyl (C=O) groups is 1. The van der Waals surface area contributed by atoms with Gasteiger partial charge in [0.05, 0.1) is 18.8 Å². The third kappa shape index (κ3) is 2.76. The summed E-state index contributed by atoms with van der Waals surface area (Å²) in [6, 6.07) is 6.90. The van der Waals surface area contributed by atoms with Gasteiger partial charge in [0.1, 0.15) is 5.75 Å². The molecule has 1 aromatic rings. The molecular weight excluding hydrogens is 180 g/mol. The Labute approximate surface area is 83.6 Å². The summed E-state index contributed by atoms with van der Waals surface area (Å²) in [6.45, 7) is 3.64. The monoisotopic (exact) mass is 194 g/mol. The number of ether oxygens (including phenoxy) is 2. The van der Waals surface area contributed by atoms with Crippen LogP contribution in [0.15, 0.2) is 24.3 Å². The van der Waals surface area contributed by atoms with E-state index in [0.717, 1.165) is 0 Å². The van der Waals surface area contributed by atoms with Crippen molar-refractivity contribution in [2.24, 2.45) is 0 Å². The van der Waals surface area contributed by atoms with E-state index in [-0.39, 0.29) is 12.1 Å². The molecule has 0 radical (unpaired) electrons. The molecule has 0 aromatic heterocycles. The highest BCUT2D eigenvalue weighted by Gasteiger charge is 2.09. The van der Waals surface area contributed by atoms with Gasteiger partial charge in [-0.2, -0.15) is 0 Å². The lowest BCUT2D eigenvalue weighted by Gasteiger charge is -2.08. The molecule has 0 unspecified atom stereocenters. The van der Waals surface area contributed by atoms with Gasteiger partial charge in [0.25, 0.3) is 0 Å². The highest BCUT2D eigenvalue weighted by molar-refractivity contribution is 5.89. The Bertz CT molecular complexity index is 318. The molecule has 1 aromatic carbocycles. The topological polar surface area (TPSA) is 35.5 Å². The Morgan fingerprint density at radius 3 is 2.64 bits per heavy atom. The van der Waals surface area contributed by atoms with Crippen molar-refractivity contribution >= 4 is 5.97 Å². The van der Waals surface area contributed by atoms with Gasteiger partial charge in [0.15, 0.2) is 0 Å². The third-order valence-electron chi connectivity index (χ3n) is 1.65. The van der Waals surface area contributed by atoms with Gasteiger partial charge >= 0.3 is 5.97 Å². The normalized spacial score (nSPS) is 10.0. The van der Waals surface area contributed by atoms with Gasteiger partial charge in [-0.1, -0.05) is 6.07 Å². The molecule has 0 aliphatic rings. The molecule has 1 rings (SSSR count). The Morgan fingerprint density at radius 1 is 1.36 bits per heavy atom. The number of rotatable bonds is 3. The predicted molar refractivity (Wildman–Crippen MR) is 53.5 cm³/mol. The summed E-state index contributed by atoms with van der Waals surface area (Å²) in [6.07, 6.45) is -0.103. The van der Waals surface area contributed by atoms with Crippen molar-refractivity contribution in [1.29, 1.82) is 0 Å². The van der Waals surface area contributed by atoms with Crippen molar-refractivity contribution in [2.75, 3.05) is 7.11 Å². The van der Waals surface area contributed by atoms with Crippen LogP contribution in [0, 0.1) is 0 Å². The summed E-state index contributed by atoms with van der Waals surface area (Å²) in [4.78, 5) is 11.4. The number of hydrogen-bond acceptors (Lipinski definition) is 3. The zero-order chi connectivity index (χ0) is 10.6. The molecule has 76 valence electrons. The molecule has 0 atom stereocenters. The molecule has 0 heterocycles. The van der Waals surface area contributed by atoms with E-state index in [0.29, 0.717) is 11.3 Å². The van der Waals surface area contributed by atoms with Crippen molar-refractivity contribution < 1.29 is 14.3 Å². The molecule has 0 fully saturated rings. The first-order valence-electron chi connectivity index (χ1n) is 4.48. The zero-order valence-corrected chi connectivity index (χ0v) is 8.61. The summed E-state index contributed by atoms with van der Waals surface area (Å²) in [5.74, 6) is 0.335. The van der Waals surface area contributed by atoms with Crippen LogP contribution in [0.5, 0.6) is 5.75 Å². The van der Waals surface area contributed by atoms with Crippen LogP contribution in [-0.4, -0.2) is 19.2 Å². The molecule has 3 nitrogen and oxygen atoms in total. The number of esters is 1. The Morgan fingerprint density at radius 2 is 2.07 bits per heavy atom. The van der Waals surface area contributed by atoms with Crippen molar-refractivity contribution in [1.82, 2.24) is 0 Å². The van der Waals surface area contributed by atoms with Crippen LogP contribution in [0.3, 0.4) is 0 Å². The Balaban J connectivity index is 2.79. The van der Waals surface area contributed by atoms with Crippen molar-refractivity contribution in [2.45, 2.75) is 20.0 Å². The molecule has 0 amide bonds. The molecule has 0 aliphatic carbocycles.